The topological polar surface area (TPSA) is 77.8 Å². The summed E-state index contributed by atoms with van der Waals surface area (Å²) in [6.07, 6.45) is 1.31. The van der Waals surface area contributed by atoms with Crippen LogP contribution in [0.5, 0.6) is 0 Å². The van der Waals surface area contributed by atoms with Gasteiger partial charge in [-0.25, -0.2) is 4.79 Å². The molecule has 0 bridgehead atoms. The average Bonchev–Trinajstić information content (AvgIpc) is 2.70. The third-order valence-corrected chi connectivity index (χ3v) is 3.23. The van der Waals surface area contributed by atoms with Crippen LogP contribution in [0.15, 0.2) is 33.7 Å². The summed E-state index contributed by atoms with van der Waals surface area (Å²) < 4.78 is 0.680. The number of aromatic nitrogens is 2. The van der Waals surface area contributed by atoms with Gasteiger partial charge in [-0.1, -0.05) is 11.6 Å². The van der Waals surface area contributed by atoms with Gasteiger partial charge in [0.25, 0.3) is 5.91 Å². The standard InChI is InChI=1S/C10H7BrClN3O2/c11-6-3-5(1-2-7(6)12)14-9(16)8-4-13-10(17)15-8/h1-4H,(H,14,16)(H2,13,15,17). The molecule has 0 spiro atoms. The van der Waals surface area contributed by atoms with Gasteiger partial charge in [0.1, 0.15) is 5.69 Å². The molecule has 17 heavy (non-hydrogen) atoms. The molecular weight excluding hydrogens is 309 g/mol. The molecule has 0 aliphatic carbocycles. The summed E-state index contributed by atoms with van der Waals surface area (Å²) >= 11 is 9.07. The van der Waals surface area contributed by atoms with Gasteiger partial charge in [0.2, 0.25) is 0 Å². The van der Waals surface area contributed by atoms with E-state index < -0.39 is 11.6 Å². The van der Waals surface area contributed by atoms with Gasteiger partial charge in [0.15, 0.2) is 0 Å². The van der Waals surface area contributed by atoms with Gasteiger partial charge in [0, 0.05) is 16.4 Å². The van der Waals surface area contributed by atoms with Crippen LogP contribution in [0.1, 0.15) is 10.5 Å². The number of carbonyl (C=O) groups excluding carboxylic acids is 1. The van der Waals surface area contributed by atoms with E-state index in [0.29, 0.717) is 15.2 Å². The minimum Gasteiger partial charge on any atom is -0.321 e. The molecule has 0 saturated carbocycles. The fourth-order valence-electron chi connectivity index (χ4n) is 1.23. The normalized spacial score (nSPS) is 10.2. The summed E-state index contributed by atoms with van der Waals surface area (Å²) in [5.74, 6) is -0.405. The van der Waals surface area contributed by atoms with E-state index >= 15 is 0 Å². The smallest absolute Gasteiger partial charge is 0.321 e. The van der Waals surface area contributed by atoms with Gasteiger partial charge in [-0.15, -0.1) is 0 Å². The van der Waals surface area contributed by atoms with E-state index in [9.17, 15) is 9.59 Å². The van der Waals surface area contributed by atoms with Gasteiger partial charge in [-0.3, -0.25) is 4.79 Å². The van der Waals surface area contributed by atoms with Crippen molar-refractivity contribution in [1.29, 1.82) is 0 Å². The average molecular weight is 317 g/mol. The highest BCUT2D eigenvalue weighted by Gasteiger charge is 2.08. The van der Waals surface area contributed by atoms with Crippen molar-refractivity contribution in [2.75, 3.05) is 5.32 Å². The van der Waals surface area contributed by atoms with E-state index in [1.807, 2.05) is 0 Å². The van der Waals surface area contributed by atoms with Gasteiger partial charge in [-0.2, -0.15) is 0 Å². The first-order valence-corrected chi connectivity index (χ1v) is 5.77. The zero-order valence-corrected chi connectivity index (χ0v) is 10.7. The summed E-state index contributed by atoms with van der Waals surface area (Å²) in [4.78, 5) is 27.2. The Kier molecular flexibility index (Phi) is 3.35. The molecule has 7 heteroatoms. The van der Waals surface area contributed by atoms with Crippen LogP contribution in [0.25, 0.3) is 0 Å². The maximum atomic E-state index is 11.7. The van der Waals surface area contributed by atoms with Crippen molar-refractivity contribution in [1.82, 2.24) is 9.97 Å². The molecule has 2 aromatic rings. The van der Waals surface area contributed by atoms with Gasteiger partial charge >= 0.3 is 5.69 Å². The molecule has 88 valence electrons. The predicted molar refractivity (Wildman–Crippen MR) is 68.5 cm³/mol. The molecule has 0 aliphatic heterocycles. The Balaban J connectivity index is 2.18. The number of nitrogens with one attached hydrogen (secondary N) is 3. The van der Waals surface area contributed by atoms with Crippen molar-refractivity contribution in [3.05, 3.63) is 50.1 Å². The molecule has 0 fully saturated rings. The highest BCUT2D eigenvalue weighted by atomic mass is 79.9. The summed E-state index contributed by atoms with van der Waals surface area (Å²) in [6, 6.07) is 4.99. The van der Waals surface area contributed by atoms with Crippen LogP contribution in [0.4, 0.5) is 5.69 Å². The van der Waals surface area contributed by atoms with Crippen molar-refractivity contribution < 1.29 is 4.79 Å². The highest BCUT2D eigenvalue weighted by molar-refractivity contribution is 9.10. The monoisotopic (exact) mass is 315 g/mol. The molecule has 2 rings (SSSR count). The molecular formula is C10H7BrClN3O2. The number of rotatable bonds is 2. The number of H-pyrrole nitrogens is 2. The molecule has 0 unspecified atom stereocenters. The van der Waals surface area contributed by atoms with E-state index in [-0.39, 0.29) is 5.69 Å². The maximum Gasteiger partial charge on any atom is 0.323 e. The zero-order chi connectivity index (χ0) is 12.4. The fraction of sp³-hybridized carbons (Fsp3) is 0. The summed E-state index contributed by atoms with van der Waals surface area (Å²) in [5, 5.41) is 3.18. The molecule has 0 atom stereocenters. The van der Waals surface area contributed by atoms with Crippen molar-refractivity contribution >= 4 is 39.1 Å². The van der Waals surface area contributed by atoms with Crippen LogP contribution in [0.2, 0.25) is 5.02 Å². The lowest BCUT2D eigenvalue weighted by molar-refractivity contribution is 0.102. The molecule has 1 aromatic carbocycles. The first-order valence-electron chi connectivity index (χ1n) is 4.60. The van der Waals surface area contributed by atoms with Crippen LogP contribution in [0, 0.1) is 0 Å². The number of anilines is 1. The van der Waals surface area contributed by atoms with Gasteiger partial charge in [-0.05, 0) is 34.1 Å². The van der Waals surface area contributed by atoms with Crippen LogP contribution in [-0.4, -0.2) is 15.9 Å². The largest absolute Gasteiger partial charge is 0.323 e. The molecule has 1 heterocycles. The quantitative estimate of drug-likeness (QED) is 0.795. The second-order valence-electron chi connectivity index (χ2n) is 3.24. The predicted octanol–water partition coefficient (Wildman–Crippen LogP) is 2.37. The molecule has 0 saturated heterocycles. The third-order valence-electron chi connectivity index (χ3n) is 2.02. The first-order chi connectivity index (χ1) is 8.06. The Morgan fingerprint density at radius 2 is 2.18 bits per heavy atom. The summed E-state index contributed by atoms with van der Waals surface area (Å²) in [7, 11) is 0. The molecule has 3 N–H and O–H groups in total. The zero-order valence-electron chi connectivity index (χ0n) is 8.38. The Morgan fingerprint density at radius 1 is 1.41 bits per heavy atom. The Labute approximate surface area is 109 Å². The molecule has 0 aliphatic rings. The SMILES string of the molecule is O=C(Nc1ccc(Cl)c(Br)c1)c1c[nH]c(=O)[nH]1. The Bertz CT molecular complexity index is 620. The number of amides is 1. The fourth-order valence-corrected chi connectivity index (χ4v) is 1.72. The van der Waals surface area contributed by atoms with Crippen LogP contribution >= 0.6 is 27.5 Å². The third kappa shape index (κ3) is 2.78. The van der Waals surface area contributed by atoms with Crippen molar-refractivity contribution in [3.8, 4) is 0 Å². The van der Waals surface area contributed by atoms with Gasteiger partial charge in [0.05, 0.1) is 5.02 Å². The van der Waals surface area contributed by atoms with Crippen molar-refractivity contribution in [2.45, 2.75) is 0 Å². The lowest BCUT2D eigenvalue weighted by Gasteiger charge is -2.04. The Morgan fingerprint density at radius 3 is 2.76 bits per heavy atom. The lowest BCUT2D eigenvalue weighted by atomic mass is 10.3. The Hall–Kier alpha value is -1.53. The van der Waals surface area contributed by atoms with Crippen molar-refractivity contribution in [3.63, 3.8) is 0 Å². The number of benzene rings is 1. The van der Waals surface area contributed by atoms with Gasteiger partial charge < -0.3 is 15.3 Å². The van der Waals surface area contributed by atoms with Crippen LogP contribution in [-0.2, 0) is 0 Å². The number of halogens is 2. The number of imidazole rings is 1. The lowest BCUT2D eigenvalue weighted by Crippen LogP contribution is -2.13. The van der Waals surface area contributed by atoms with E-state index in [2.05, 4.69) is 31.2 Å². The van der Waals surface area contributed by atoms with E-state index in [1.165, 1.54) is 6.20 Å². The molecule has 1 aromatic heterocycles. The first kappa shape index (κ1) is 11.9. The number of carbonyl (C=O) groups is 1. The number of hydrogen-bond acceptors (Lipinski definition) is 2. The summed E-state index contributed by atoms with van der Waals surface area (Å²) in [6.45, 7) is 0. The minimum atomic E-state index is -0.424. The minimum absolute atomic E-state index is 0.168. The van der Waals surface area contributed by atoms with E-state index in [4.69, 9.17) is 11.6 Å². The molecule has 0 radical (unpaired) electrons. The molecule has 5 nitrogen and oxygen atoms in total. The maximum absolute atomic E-state index is 11.7. The van der Waals surface area contributed by atoms with Crippen LogP contribution < -0.4 is 11.0 Å². The second-order valence-corrected chi connectivity index (χ2v) is 4.50. The van der Waals surface area contributed by atoms with E-state index in [0.717, 1.165) is 0 Å². The number of hydrogen-bond donors (Lipinski definition) is 3. The van der Waals surface area contributed by atoms with Crippen molar-refractivity contribution in [2.24, 2.45) is 0 Å². The number of aromatic amines is 2. The second kappa shape index (κ2) is 4.77. The summed E-state index contributed by atoms with van der Waals surface area (Å²) in [5.41, 5.74) is 0.321. The molecule has 1 amide bonds. The van der Waals surface area contributed by atoms with E-state index in [1.54, 1.807) is 18.2 Å². The highest BCUT2D eigenvalue weighted by Crippen LogP contribution is 2.25. The van der Waals surface area contributed by atoms with Crippen LogP contribution in [0.3, 0.4) is 0 Å².